The Balaban J connectivity index is 1.78. The average molecular weight is 342 g/mol. The number of rotatable bonds is 6. The van der Waals surface area contributed by atoms with Crippen LogP contribution in [0.2, 0.25) is 0 Å². The molecule has 0 fully saturated rings. The highest BCUT2D eigenvalue weighted by Crippen LogP contribution is 2.17. The normalized spacial score (nSPS) is 10.0. The molecule has 0 aliphatic rings. The molecule has 2 aromatic carbocycles. The molecule has 6 heteroatoms. The lowest BCUT2D eigenvalue weighted by Gasteiger charge is -2.11. The molecule has 0 aromatic heterocycles. The van der Waals surface area contributed by atoms with Gasteiger partial charge in [0.2, 0.25) is 5.91 Å². The SMILES string of the molecule is COc1ccccc1CC(=O)NNC(=O)COc1cc(C)cc(C)c1. The predicted molar refractivity (Wildman–Crippen MR) is 94.4 cm³/mol. The Morgan fingerprint density at radius 2 is 1.60 bits per heavy atom. The largest absolute Gasteiger partial charge is 0.496 e. The minimum Gasteiger partial charge on any atom is -0.496 e. The second-order valence-electron chi connectivity index (χ2n) is 5.70. The van der Waals surface area contributed by atoms with Gasteiger partial charge in [-0.1, -0.05) is 24.3 Å². The first-order valence-electron chi connectivity index (χ1n) is 7.88. The molecule has 0 atom stereocenters. The fraction of sp³-hybridized carbons (Fsp3) is 0.263. The molecule has 25 heavy (non-hydrogen) atoms. The van der Waals surface area contributed by atoms with E-state index in [-0.39, 0.29) is 18.9 Å². The fourth-order valence-electron chi connectivity index (χ4n) is 2.41. The average Bonchev–Trinajstić information content (AvgIpc) is 2.58. The van der Waals surface area contributed by atoms with Crippen LogP contribution in [0.4, 0.5) is 0 Å². The molecule has 6 nitrogen and oxygen atoms in total. The highest BCUT2D eigenvalue weighted by molar-refractivity contribution is 5.84. The number of amides is 2. The van der Waals surface area contributed by atoms with E-state index in [0.29, 0.717) is 11.5 Å². The van der Waals surface area contributed by atoms with E-state index in [9.17, 15) is 9.59 Å². The van der Waals surface area contributed by atoms with Crippen LogP contribution in [0.1, 0.15) is 16.7 Å². The molecule has 0 aliphatic heterocycles. The Kier molecular flexibility index (Phi) is 6.39. The van der Waals surface area contributed by atoms with Gasteiger partial charge in [0.1, 0.15) is 11.5 Å². The van der Waals surface area contributed by atoms with Crippen LogP contribution < -0.4 is 20.3 Å². The lowest BCUT2D eigenvalue weighted by molar-refractivity contribution is -0.129. The van der Waals surface area contributed by atoms with Crippen LogP contribution in [0.5, 0.6) is 11.5 Å². The topological polar surface area (TPSA) is 76.7 Å². The van der Waals surface area contributed by atoms with E-state index >= 15 is 0 Å². The maximum atomic E-state index is 11.9. The summed E-state index contributed by atoms with van der Waals surface area (Å²) in [7, 11) is 1.54. The van der Waals surface area contributed by atoms with E-state index in [1.807, 2.05) is 44.2 Å². The third-order valence-corrected chi connectivity index (χ3v) is 3.45. The van der Waals surface area contributed by atoms with Gasteiger partial charge in [-0.15, -0.1) is 0 Å². The molecule has 0 saturated carbocycles. The molecule has 2 rings (SSSR count). The van der Waals surface area contributed by atoms with Crippen molar-refractivity contribution in [3.8, 4) is 11.5 Å². The van der Waals surface area contributed by atoms with E-state index in [4.69, 9.17) is 9.47 Å². The van der Waals surface area contributed by atoms with Crippen molar-refractivity contribution in [2.45, 2.75) is 20.3 Å². The number of hydrazine groups is 1. The highest BCUT2D eigenvalue weighted by Gasteiger charge is 2.10. The summed E-state index contributed by atoms with van der Waals surface area (Å²) in [5, 5.41) is 0. The number of hydrogen-bond acceptors (Lipinski definition) is 4. The van der Waals surface area contributed by atoms with Gasteiger partial charge in [-0.3, -0.25) is 20.4 Å². The summed E-state index contributed by atoms with van der Waals surface area (Å²) >= 11 is 0. The van der Waals surface area contributed by atoms with Crippen molar-refractivity contribution < 1.29 is 19.1 Å². The van der Waals surface area contributed by atoms with E-state index in [1.54, 1.807) is 19.2 Å². The van der Waals surface area contributed by atoms with Crippen LogP contribution in [0, 0.1) is 13.8 Å². The van der Waals surface area contributed by atoms with E-state index in [2.05, 4.69) is 10.9 Å². The molecule has 0 aliphatic carbocycles. The summed E-state index contributed by atoms with van der Waals surface area (Å²) in [6, 6.07) is 12.9. The van der Waals surface area contributed by atoms with E-state index in [1.165, 1.54) is 0 Å². The van der Waals surface area contributed by atoms with Crippen LogP contribution in [0.25, 0.3) is 0 Å². The van der Waals surface area contributed by atoms with Gasteiger partial charge >= 0.3 is 0 Å². The molecule has 2 aromatic rings. The molecule has 2 amide bonds. The Hall–Kier alpha value is -3.02. The van der Waals surface area contributed by atoms with Crippen molar-refractivity contribution in [1.29, 1.82) is 0 Å². The summed E-state index contributed by atoms with van der Waals surface area (Å²) in [6.45, 7) is 3.73. The number of methoxy groups -OCH3 is 1. The molecule has 0 bridgehead atoms. The molecule has 0 spiro atoms. The van der Waals surface area contributed by atoms with Crippen molar-refractivity contribution in [3.63, 3.8) is 0 Å². The zero-order valence-corrected chi connectivity index (χ0v) is 14.6. The van der Waals surface area contributed by atoms with Gasteiger partial charge in [-0.2, -0.15) is 0 Å². The highest BCUT2D eigenvalue weighted by atomic mass is 16.5. The molecular weight excluding hydrogens is 320 g/mol. The first-order valence-corrected chi connectivity index (χ1v) is 7.88. The Labute approximate surface area is 147 Å². The second-order valence-corrected chi connectivity index (χ2v) is 5.70. The van der Waals surface area contributed by atoms with Crippen molar-refractivity contribution in [1.82, 2.24) is 10.9 Å². The molecule has 0 unspecified atom stereocenters. The number of benzene rings is 2. The van der Waals surface area contributed by atoms with Gasteiger partial charge in [0, 0.05) is 5.56 Å². The van der Waals surface area contributed by atoms with Gasteiger partial charge in [0.15, 0.2) is 6.61 Å². The fourth-order valence-corrected chi connectivity index (χ4v) is 2.41. The quantitative estimate of drug-likeness (QED) is 0.788. The van der Waals surface area contributed by atoms with E-state index < -0.39 is 5.91 Å². The number of aryl methyl sites for hydroxylation is 2. The minimum atomic E-state index is -0.437. The lowest BCUT2D eigenvalue weighted by Crippen LogP contribution is -2.44. The first-order chi connectivity index (χ1) is 12.0. The van der Waals surface area contributed by atoms with Crippen molar-refractivity contribution in [3.05, 3.63) is 59.2 Å². The monoisotopic (exact) mass is 342 g/mol. The van der Waals surface area contributed by atoms with Crippen molar-refractivity contribution in [2.75, 3.05) is 13.7 Å². The number of nitrogens with one attached hydrogen (secondary N) is 2. The van der Waals surface area contributed by atoms with Gasteiger partial charge in [0.05, 0.1) is 13.5 Å². The lowest BCUT2D eigenvalue weighted by atomic mass is 10.1. The summed E-state index contributed by atoms with van der Waals surface area (Å²) in [4.78, 5) is 23.7. The molecule has 0 heterocycles. The summed E-state index contributed by atoms with van der Waals surface area (Å²) in [5.74, 6) is 0.465. The summed E-state index contributed by atoms with van der Waals surface area (Å²) < 4.78 is 10.6. The van der Waals surface area contributed by atoms with Crippen LogP contribution in [-0.4, -0.2) is 25.5 Å². The molecular formula is C19H22N2O4. The number of hydrogen-bond donors (Lipinski definition) is 2. The maximum Gasteiger partial charge on any atom is 0.276 e. The van der Waals surface area contributed by atoms with E-state index in [0.717, 1.165) is 16.7 Å². The third-order valence-electron chi connectivity index (χ3n) is 3.45. The molecule has 0 saturated heterocycles. The number of ether oxygens (including phenoxy) is 2. The smallest absolute Gasteiger partial charge is 0.276 e. The minimum absolute atomic E-state index is 0.0994. The Morgan fingerprint density at radius 3 is 2.28 bits per heavy atom. The van der Waals surface area contributed by atoms with Crippen LogP contribution in [-0.2, 0) is 16.0 Å². The van der Waals surface area contributed by atoms with Gasteiger partial charge < -0.3 is 9.47 Å². The maximum absolute atomic E-state index is 11.9. The summed E-state index contributed by atoms with van der Waals surface area (Å²) in [5.41, 5.74) is 7.55. The Morgan fingerprint density at radius 1 is 0.960 bits per heavy atom. The second kappa shape index (κ2) is 8.73. The van der Waals surface area contributed by atoms with Gasteiger partial charge in [0.25, 0.3) is 5.91 Å². The summed E-state index contributed by atoms with van der Waals surface area (Å²) in [6.07, 6.45) is 0.0994. The molecule has 0 radical (unpaired) electrons. The molecule has 2 N–H and O–H groups in total. The van der Waals surface area contributed by atoms with Gasteiger partial charge in [-0.05, 0) is 43.2 Å². The number of carbonyl (C=O) groups excluding carboxylic acids is 2. The van der Waals surface area contributed by atoms with Crippen LogP contribution >= 0.6 is 0 Å². The number of para-hydroxylation sites is 1. The molecule has 132 valence electrons. The van der Waals surface area contributed by atoms with Crippen molar-refractivity contribution >= 4 is 11.8 Å². The predicted octanol–water partition coefficient (Wildman–Crippen LogP) is 2.08. The third kappa shape index (κ3) is 5.84. The van der Waals surface area contributed by atoms with Crippen LogP contribution in [0.3, 0.4) is 0 Å². The number of carbonyl (C=O) groups is 2. The Bertz CT molecular complexity index is 739. The van der Waals surface area contributed by atoms with Gasteiger partial charge in [-0.25, -0.2) is 0 Å². The zero-order valence-electron chi connectivity index (χ0n) is 14.6. The standard InChI is InChI=1S/C19H22N2O4/c1-13-8-14(2)10-16(9-13)25-12-19(23)21-20-18(22)11-15-6-4-5-7-17(15)24-3/h4-10H,11-12H2,1-3H3,(H,20,22)(H,21,23). The van der Waals surface area contributed by atoms with Crippen LogP contribution in [0.15, 0.2) is 42.5 Å². The zero-order chi connectivity index (χ0) is 18.2. The van der Waals surface area contributed by atoms with Crippen molar-refractivity contribution in [2.24, 2.45) is 0 Å². The first kappa shape index (κ1) is 18.3.